The number of benzene rings is 1. The Balaban J connectivity index is 1.65. The normalized spacial score (nSPS) is 19.3. The van der Waals surface area contributed by atoms with Crippen LogP contribution in [0.25, 0.3) is 0 Å². The summed E-state index contributed by atoms with van der Waals surface area (Å²) in [6.07, 6.45) is 1.67. The number of aryl methyl sites for hydroxylation is 1. The molecule has 1 fully saturated rings. The first-order valence-corrected chi connectivity index (χ1v) is 10.2. The molecule has 0 N–H and O–H groups in total. The number of thiophene rings is 1. The monoisotopic (exact) mass is 369 g/mol. The summed E-state index contributed by atoms with van der Waals surface area (Å²) in [5, 5.41) is 0. The summed E-state index contributed by atoms with van der Waals surface area (Å²) in [7, 11) is -3.44. The molecule has 7 heteroatoms. The number of sulfonamides is 1. The van der Waals surface area contributed by atoms with E-state index in [4.69, 9.17) is 4.74 Å². The molecule has 0 radical (unpaired) electrons. The fourth-order valence-corrected chi connectivity index (χ4v) is 5.82. The van der Waals surface area contributed by atoms with Crippen molar-refractivity contribution in [3.8, 4) is 5.75 Å². The highest BCUT2D eigenvalue weighted by atomic mass is 32.2. The van der Waals surface area contributed by atoms with Gasteiger partial charge < -0.3 is 4.74 Å². The summed E-state index contributed by atoms with van der Waals surface area (Å²) in [6, 6.07) is 9.75. The van der Waals surface area contributed by atoms with E-state index in [1.54, 1.807) is 24.3 Å². The molecule has 24 heavy (non-hydrogen) atoms. The molecule has 0 bridgehead atoms. The number of para-hydroxylation sites is 1. The van der Waals surface area contributed by atoms with Gasteiger partial charge in [0.05, 0.1) is 6.61 Å². The molecular weight excluding hydrogens is 349 g/mol. The van der Waals surface area contributed by atoms with Crippen LogP contribution in [0.3, 0.4) is 0 Å². The van der Waals surface area contributed by atoms with E-state index in [1.165, 1.54) is 21.7 Å². The lowest BCUT2D eigenvalue weighted by molar-refractivity contribution is 0.176. The summed E-state index contributed by atoms with van der Waals surface area (Å²) < 4.78 is 46.5. The fourth-order valence-electron chi connectivity index (χ4n) is 2.83. The van der Waals surface area contributed by atoms with Crippen molar-refractivity contribution < 1.29 is 17.5 Å². The number of ether oxygens (including phenoxy) is 1. The van der Waals surface area contributed by atoms with E-state index in [0.29, 0.717) is 23.9 Å². The third kappa shape index (κ3) is 3.79. The maximum atomic E-state index is 13.6. The molecule has 130 valence electrons. The zero-order chi connectivity index (χ0) is 17.2. The molecule has 1 aromatic carbocycles. The molecule has 0 saturated carbocycles. The molecule has 2 heterocycles. The van der Waals surface area contributed by atoms with Gasteiger partial charge in [0.1, 0.15) is 4.21 Å². The average molecular weight is 369 g/mol. The largest absolute Gasteiger partial charge is 0.490 e. The van der Waals surface area contributed by atoms with Crippen molar-refractivity contribution in [1.82, 2.24) is 4.31 Å². The van der Waals surface area contributed by atoms with Crippen molar-refractivity contribution in [3.05, 3.63) is 47.1 Å². The molecule has 2 aromatic rings. The van der Waals surface area contributed by atoms with Crippen LogP contribution in [0.15, 0.2) is 40.6 Å². The van der Waals surface area contributed by atoms with Crippen LogP contribution in [-0.2, 0) is 10.0 Å². The summed E-state index contributed by atoms with van der Waals surface area (Å²) in [4.78, 5) is 0.977. The molecule has 0 spiro atoms. The van der Waals surface area contributed by atoms with Crippen LogP contribution >= 0.6 is 11.3 Å². The predicted molar refractivity (Wildman–Crippen MR) is 92.4 cm³/mol. The Labute approximate surface area is 145 Å². The van der Waals surface area contributed by atoms with Crippen molar-refractivity contribution >= 4 is 21.4 Å². The van der Waals surface area contributed by atoms with Crippen LogP contribution in [0.4, 0.5) is 4.39 Å². The van der Waals surface area contributed by atoms with Crippen molar-refractivity contribution in [2.45, 2.75) is 24.0 Å². The van der Waals surface area contributed by atoms with Gasteiger partial charge >= 0.3 is 0 Å². The lowest BCUT2D eigenvalue weighted by Gasteiger charge is -2.31. The Morgan fingerprint density at radius 1 is 1.29 bits per heavy atom. The second-order valence-corrected chi connectivity index (χ2v) is 9.43. The summed E-state index contributed by atoms with van der Waals surface area (Å²) in [6.45, 7) is 3.14. The number of hydrogen-bond acceptors (Lipinski definition) is 4. The van der Waals surface area contributed by atoms with E-state index in [9.17, 15) is 12.8 Å². The Morgan fingerprint density at radius 2 is 2.08 bits per heavy atom. The van der Waals surface area contributed by atoms with Crippen molar-refractivity contribution in [2.24, 2.45) is 5.92 Å². The maximum absolute atomic E-state index is 13.6. The second-order valence-electron chi connectivity index (χ2n) is 5.98. The highest BCUT2D eigenvalue weighted by molar-refractivity contribution is 7.91. The Hall–Kier alpha value is -1.44. The van der Waals surface area contributed by atoms with Crippen molar-refractivity contribution in [2.75, 3.05) is 19.7 Å². The smallest absolute Gasteiger partial charge is 0.252 e. The van der Waals surface area contributed by atoms with Crippen LogP contribution < -0.4 is 4.74 Å². The molecule has 1 atom stereocenters. The Kier molecular flexibility index (Phi) is 5.22. The SMILES string of the molecule is Cc1ccc(S(=O)(=O)N2CCCC(COc3ccccc3F)C2)s1. The Bertz CT molecular complexity index is 804. The van der Waals surface area contributed by atoms with Gasteiger partial charge in [0, 0.05) is 23.9 Å². The van der Waals surface area contributed by atoms with Crippen LogP contribution in [0.1, 0.15) is 17.7 Å². The van der Waals surface area contributed by atoms with Crippen LogP contribution in [0.5, 0.6) is 5.75 Å². The van der Waals surface area contributed by atoms with Crippen LogP contribution in [-0.4, -0.2) is 32.4 Å². The highest BCUT2D eigenvalue weighted by Gasteiger charge is 2.31. The molecular formula is C17H20FNO3S2. The summed E-state index contributed by atoms with van der Waals surface area (Å²) >= 11 is 1.29. The molecule has 0 amide bonds. The van der Waals surface area contributed by atoms with E-state index >= 15 is 0 Å². The Morgan fingerprint density at radius 3 is 2.79 bits per heavy atom. The molecule has 1 aliphatic rings. The predicted octanol–water partition coefficient (Wildman–Crippen LogP) is 3.68. The molecule has 1 aliphatic heterocycles. The van der Waals surface area contributed by atoms with Crippen molar-refractivity contribution in [3.63, 3.8) is 0 Å². The van der Waals surface area contributed by atoms with Crippen LogP contribution in [0.2, 0.25) is 0 Å². The number of halogens is 1. The van der Waals surface area contributed by atoms with Gasteiger partial charge in [-0.2, -0.15) is 4.31 Å². The highest BCUT2D eigenvalue weighted by Crippen LogP contribution is 2.28. The van der Waals surface area contributed by atoms with Gasteiger partial charge in [0.25, 0.3) is 10.0 Å². The lowest BCUT2D eigenvalue weighted by atomic mass is 10.0. The third-order valence-corrected chi connectivity index (χ3v) is 7.44. The van der Waals surface area contributed by atoms with Gasteiger partial charge in [-0.1, -0.05) is 12.1 Å². The van der Waals surface area contributed by atoms with E-state index in [0.717, 1.165) is 17.7 Å². The first kappa shape index (κ1) is 17.4. The molecule has 1 unspecified atom stereocenters. The molecule has 0 aliphatic carbocycles. The summed E-state index contributed by atoms with van der Waals surface area (Å²) in [5.41, 5.74) is 0. The number of piperidine rings is 1. The molecule has 1 saturated heterocycles. The minimum atomic E-state index is -3.44. The molecule has 3 rings (SSSR count). The first-order chi connectivity index (χ1) is 11.5. The lowest BCUT2D eigenvalue weighted by Crippen LogP contribution is -2.41. The van der Waals surface area contributed by atoms with E-state index in [-0.39, 0.29) is 11.7 Å². The van der Waals surface area contributed by atoms with E-state index in [1.807, 2.05) is 13.0 Å². The van der Waals surface area contributed by atoms with Gasteiger partial charge in [-0.15, -0.1) is 11.3 Å². The van der Waals surface area contributed by atoms with Gasteiger partial charge in [0.15, 0.2) is 11.6 Å². The van der Waals surface area contributed by atoms with E-state index in [2.05, 4.69) is 0 Å². The van der Waals surface area contributed by atoms with Crippen molar-refractivity contribution in [1.29, 1.82) is 0 Å². The number of nitrogens with zero attached hydrogens (tertiary/aromatic N) is 1. The quantitative estimate of drug-likeness (QED) is 0.808. The minimum Gasteiger partial charge on any atom is -0.490 e. The standard InChI is InChI=1S/C17H20FNO3S2/c1-13-8-9-17(23-13)24(20,21)19-10-4-5-14(11-19)12-22-16-7-3-2-6-15(16)18/h2-3,6-9,14H,4-5,10-12H2,1H3. The summed E-state index contributed by atoms with van der Waals surface area (Å²) in [5.74, 6) is -0.118. The van der Waals surface area contributed by atoms with Crippen LogP contribution in [0, 0.1) is 18.7 Å². The number of rotatable bonds is 5. The fraction of sp³-hybridized carbons (Fsp3) is 0.412. The molecule has 4 nitrogen and oxygen atoms in total. The minimum absolute atomic E-state index is 0.0641. The average Bonchev–Trinajstić information content (AvgIpc) is 3.02. The second kappa shape index (κ2) is 7.21. The number of hydrogen-bond donors (Lipinski definition) is 0. The zero-order valence-corrected chi connectivity index (χ0v) is 15.1. The molecule has 1 aromatic heterocycles. The third-order valence-electron chi connectivity index (χ3n) is 4.10. The maximum Gasteiger partial charge on any atom is 0.252 e. The van der Waals surface area contributed by atoms with Gasteiger partial charge in [0.2, 0.25) is 0 Å². The zero-order valence-electron chi connectivity index (χ0n) is 13.4. The van der Waals surface area contributed by atoms with Gasteiger partial charge in [-0.05, 0) is 44.0 Å². The first-order valence-electron chi connectivity index (χ1n) is 7.91. The van der Waals surface area contributed by atoms with E-state index < -0.39 is 15.8 Å². The topological polar surface area (TPSA) is 46.6 Å². The van der Waals surface area contributed by atoms with Gasteiger partial charge in [-0.3, -0.25) is 0 Å². The van der Waals surface area contributed by atoms with Gasteiger partial charge in [-0.25, -0.2) is 12.8 Å².